The van der Waals surface area contributed by atoms with Crippen LogP contribution in [0.5, 0.6) is 0 Å². The van der Waals surface area contributed by atoms with Crippen molar-refractivity contribution < 1.29 is 29.3 Å². The fraction of sp³-hybridized carbons (Fsp3) is 0.714. The number of aliphatic hydroxyl groups is 2. The predicted octanol–water partition coefficient (Wildman–Crippen LogP) is 3.92. The largest absolute Gasteiger partial charge is 0.458 e. The number of carbonyl (C=O) groups excluding carboxylic acids is 3. The van der Waals surface area contributed by atoms with Crippen LogP contribution in [0, 0.1) is 24.2 Å². The Morgan fingerprint density at radius 3 is 2.46 bits per heavy atom. The Labute approximate surface area is 224 Å². The Bertz CT molecular complexity index is 1030. The van der Waals surface area contributed by atoms with E-state index in [-0.39, 0.29) is 36.1 Å². The van der Waals surface area contributed by atoms with Gasteiger partial charge in [-0.1, -0.05) is 34.1 Å². The second-order valence-corrected chi connectivity index (χ2v) is 12.5. The summed E-state index contributed by atoms with van der Waals surface area (Å²) in [4.78, 5) is 44.9. The van der Waals surface area contributed by atoms with Crippen molar-refractivity contribution in [3.63, 3.8) is 0 Å². The number of amides is 1. The number of aliphatic hydroxyl groups excluding tert-OH is 2. The van der Waals surface area contributed by atoms with Crippen LogP contribution in [0.15, 0.2) is 11.0 Å². The molecule has 3 heterocycles. The molecule has 2 fully saturated rings. The van der Waals surface area contributed by atoms with E-state index in [1.165, 1.54) is 11.3 Å². The molecule has 8 nitrogen and oxygen atoms in total. The highest BCUT2D eigenvalue weighted by atomic mass is 32.1. The van der Waals surface area contributed by atoms with Crippen LogP contribution in [0.2, 0.25) is 0 Å². The van der Waals surface area contributed by atoms with Gasteiger partial charge in [-0.3, -0.25) is 14.4 Å². The highest BCUT2D eigenvalue weighted by molar-refractivity contribution is 7.09. The number of hydrogen-bond donors (Lipinski definition) is 2. The third-order valence-electron chi connectivity index (χ3n) is 8.18. The van der Waals surface area contributed by atoms with E-state index in [9.17, 15) is 24.6 Å². The second-order valence-electron chi connectivity index (χ2n) is 11.4. The molecule has 0 aliphatic carbocycles. The molecule has 0 bridgehead atoms. The van der Waals surface area contributed by atoms with E-state index >= 15 is 0 Å². The number of esters is 1. The monoisotopic (exact) mass is 534 g/mol. The van der Waals surface area contributed by atoms with Gasteiger partial charge < -0.3 is 19.8 Å². The highest BCUT2D eigenvalue weighted by Gasteiger charge is 2.50. The Hall–Kier alpha value is -2.10. The first-order chi connectivity index (χ1) is 17.2. The summed E-state index contributed by atoms with van der Waals surface area (Å²) in [5.41, 5.74) is 0.359. The summed E-state index contributed by atoms with van der Waals surface area (Å²) < 4.78 is 5.89. The Balaban J connectivity index is 1.90. The number of Topliss-reactive ketones (excluding diaryl/α,β-unsaturated/α-hetero) is 1. The molecule has 0 aromatic carbocycles. The standard InChI is InChI=1S/C28H42N2O6S/c1-15-9-8-10-21-22(30(21)19(5)31)12-23(16(2)11-20-14-37-18(4)29-20)36-25(33)13-24(32)28(6,7)27(35)17(3)26(15)34/h11,14-15,17,21-24,26,32,34H,8-10,12-13H2,1-7H3/b16-11+/t15-,17-,21?,22+,23?,24?,26+,30?/m1/s1. The van der Waals surface area contributed by atoms with Crippen molar-refractivity contribution in [2.24, 2.45) is 17.3 Å². The molecule has 3 rings (SSSR count). The zero-order chi connectivity index (χ0) is 27.7. The van der Waals surface area contributed by atoms with E-state index < -0.39 is 35.6 Å². The van der Waals surface area contributed by atoms with Crippen LogP contribution < -0.4 is 0 Å². The lowest BCUT2D eigenvalue weighted by atomic mass is 9.73. The third kappa shape index (κ3) is 6.86. The maximum atomic E-state index is 13.3. The molecule has 0 radical (unpaired) electrons. The molecule has 1 aromatic heterocycles. The first-order valence-corrected chi connectivity index (χ1v) is 14.1. The molecule has 3 unspecified atom stereocenters. The van der Waals surface area contributed by atoms with Crippen molar-refractivity contribution in [3.8, 4) is 0 Å². The Morgan fingerprint density at radius 1 is 1.19 bits per heavy atom. The van der Waals surface area contributed by atoms with Crippen LogP contribution >= 0.6 is 11.3 Å². The van der Waals surface area contributed by atoms with E-state index in [2.05, 4.69) is 4.98 Å². The molecule has 7 atom stereocenters. The molecule has 2 N–H and O–H groups in total. The van der Waals surface area contributed by atoms with Crippen LogP contribution in [-0.2, 0) is 19.1 Å². The van der Waals surface area contributed by atoms with Gasteiger partial charge in [-0.2, -0.15) is 0 Å². The van der Waals surface area contributed by atoms with Gasteiger partial charge in [0.15, 0.2) is 0 Å². The molecule has 2 saturated heterocycles. The fourth-order valence-corrected chi connectivity index (χ4v) is 6.13. The quantitative estimate of drug-likeness (QED) is 0.436. The minimum atomic E-state index is -1.26. The van der Waals surface area contributed by atoms with Gasteiger partial charge in [-0.25, -0.2) is 4.98 Å². The number of ether oxygens (including phenoxy) is 1. The van der Waals surface area contributed by atoms with Crippen LogP contribution in [0.4, 0.5) is 0 Å². The normalized spacial score (nSPS) is 34.0. The van der Waals surface area contributed by atoms with Gasteiger partial charge in [0, 0.05) is 24.6 Å². The Morgan fingerprint density at radius 2 is 1.86 bits per heavy atom. The average molecular weight is 535 g/mol. The summed E-state index contributed by atoms with van der Waals surface area (Å²) >= 11 is 1.53. The van der Waals surface area contributed by atoms with Gasteiger partial charge in [0.05, 0.1) is 46.8 Å². The van der Waals surface area contributed by atoms with E-state index in [0.29, 0.717) is 6.42 Å². The molecule has 206 valence electrons. The molecule has 2 aliphatic rings. The minimum absolute atomic E-state index is 0.0146. The summed E-state index contributed by atoms with van der Waals surface area (Å²) in [7, 11) is 0. The second kappa shape index (κ2) is 11.7. The van der Waals surface area contributed by atoms with Gasteiger partial charge in [0.1, 0.15) is 11.9 Å². The van der Waals surface area contributed by atoms with Gasteiger partial charge in [-0.15, -0.1) is 11.3 Å². The summed E-state index contributed by atoms with van der Waals surface area (Å²) in [5.74, 6) is -1.71. The van der Waals surface area contributed by atoms with E-state index in [1.807, 2.05) is 37.1 Å². The first-order valence-electron chi connectivity index (χ1n) is 13.2. The smallest absolute Gasteiger partial charge is 0.309 e. The molecule has 1 aromatic rings. The average Bonchev–Trinajstić information content (AvgIpc) is 3.35. The number of aromatic nitrogens is 1. The number of ketones is 1. The van der Waals surface area contributed by atoms with Crippen molar-refractivity contribution >= 4 is 35.1 Å². The van der Waals surface area contributed by atoms with Gasteiger partial charge in [0.2, 0.25) is 5.91 Å². The maximum absolute atomic E-state index is 13.3. The lowest BCUT2D eigenvalue weighted by Crippen LogP contribution is -2.45. The van der Waals surface area contributed by atoms with E-state index in [0.717, 1.165) is 35.5 Å². The SMILES string of the molecule is CC(=O)N1C2CCC[C@@H](C)[C@H](O)[C@@H](C)C(=O)C(C)(C)C(O)CC(=O)OC(/C(C)=C/c3csc(C)n3)C[C@@H]21. The van der Waals surface area contributed by atoms with Crippen LogP contribution in [-0.4, -0.2) is 68.2 Å². The molecule has 1 amide bonds. The maximum Gasteiger partial charge on any atom is 0.309 e. The topological polar surface area (TPSA) is 117 Å². The van der Waals surface area contributed by atoms with Gasteiger partial charge >= 0.3 is 5.97 Å². The lowest BCUT2D eigenvalue weighted by Gasteiger charge is -2.34. The van der Waals surface area contributed by atoms with Crippen LogP contribution in [0.1, 0.15) is 84.3 Å². The minimum Gasteiger partial charge on any atom is -0.458 e. The number of cyclic esters (lactones) is 1. The molecule has 0 saturated carbocycles. The predicted molar refractivity (Wildman–Crippen MR) is 143 cm³/mol. The molecular weight excluding hydrogens is 492 g/mol. The Kier molecular flexibility index (Phi) is 9.35. The zero-order valence-electron chi connectivity index (χ0n) is 23.1. The van der Waals surface area contributed by atoms with Crippen molar-refractivity contribution in [1.29, 1.82) is 0 Å². The van der Waals surface area contributed by atoms with E-state index in [4.69, 9.17) is 4.74 Å². The van der Waals surface area contributed by atoms with E-state index in [1.54, 1.807) is 27.7 Å². The fourth-order valence-electron chi connectivity index (χ4n) is 5.56. The third-order valence-corrected chi connectivity index (χ3v) is 8.97. The number of thiazole rings is 1. The molecule has 2 aliphatic heterocycles. The van der Waals surface area contributed by atoms with Gasteiger partial charge in [-0.05, 0) is 44.3 Å². The summed E-state index contributed by atoms with van der Waals surface area (Å²) in [5, 5.41) is 24.6. The van der Waals surface area contributed by atoms with Gasteiger partial charge in [0.25, 0.3) is 0 Å². The summed E-state index contributed by atoms with van der Waals surface area (Å²) in [6.45, 7) is 12.2. The zero-order valence-corrected chi connectivity index (χ0v) is 23.9. The molecule has 0 spiro atoms. The lowest BCUT2D eigenvalue weighted by molar-refractivity contribution is -0.154. The van der Waals surface area contributed by atoms with Crippen LogP contribution in [0.3, 0.4) is 0 Å². The number of carbonyl (C=O) groups is 3. The number of nitrogens with zero attached hydrogens (tertiary/aromatic N) is 2. The van der Waals surface area contributed by atoms with Crippen molar-refractivity contribution in [2.45, 2.75) is 111 Å². The molecule has 37 heavy (non-hydrogen) atoms. The van der Waals surface area contributed by atoms with Crippen molar-refractivity contribution in [3.05, 3.63) is 21.7 Å². The highest BCUT2D eigenvalue weighted by Crippen LogP contribution is 2.39. The number of hydrogen-bond acceptors (Lipinski definition) is 8. The number of rotatable bonds is 2. The summed E-state index contributed by atoms with van der Waals surface area (Å²) in [6, 6.07) is -0.000307. The molecule has 9 heteroatoms. The number of fused-ring (bicyclic) bond motifs is 1. The van der Waals surface area contributed by atoms with Crippen LogP contribution in [0.25, 0.3) is 6.08 Å². The van der Waals surface area contributed by atoms with Crippen molar-refractivity contribution in [2.75, 3.05) is 0 Å². The van der Waals surface area contributed by atoms with Crippen molar-refractivity contribution in [1.82, 2.24) is 9.88 Å². The first kappa shape index (κ1) is 29.5. The summed E-state index contributed by atoms with van der Waals surface area (Å²) in [6.07, 6.45) is 1.58. The number of aryl methyl sites for hydroxylation is 1. The molecular formula is C28H42N2O6S.